The fourth-order valence-electron chi connectivity index (χ4n) is 4.17. The minimum absolute atomic E-state index is 0.132. The summed E-state index contributed by atoms with van der Waals surface area (Å²) in [6.07, 6.45) is 7.70. The molecular formula is C33H39NO6. The van der Waals surface area contributed by atoms with Gasteiger partial charge in [0.1, 0.15) is 23.5 Å². The molecule has 0 saturated carbocycles. The molecule has 3 aromatic rings. The van der Waals surface area contributed by atoms with Crippen LogP contribution in [-0.4, -0.2) is 43.3 Å². The van der Waals surface area contributed by atoms with Gasteiger partial charge in [-0.05, 0) is 79.1 Å². The highest BCUT2D eigenvalue weighted by Gasteiger charge is 2.17. The van der Waals surface area contributed by atoms with Gasteiger partial charge in [-0.15, -0.1) is 0 Å². The molecule has 0 aliphatic carbocycles. The number of hydrogen-bond donors (Lipinski definition) is 0. The molecular weight excluding hydrogens is 506 g/mol. The molecule has 40 heavy (non-hydrogen) atoms. The fraction of sp³-hybridized carbons (Fsp3) is 0.364. The zero-order valence-corrected chi connectivity index (χ0v) is 23.5. The Labute approximate surface area is 237 Å². The van der Waals surface area contributed by atoms with Gasteiger partial charge in [0, 0.05) is 25.1 Å². The Bertz CT molecular complexity index is 1190. The Kier molecular flexibility index (Phi) is 12.7. The van der Waals surface area contributed by atoms with Crippen LogP contribution in [0.3, 0.4) is 0 Å². The van der Waals surface area contributed by atoms with Gasteiger partial charge in [-0.2, -0.15) is 0 Å². The van der Waals surface area contributed by atoms with Gasteiger partial charge in [-0.3, -0.25) is 4.79 Å². The Morgan fingerprint density at radius 1 is 0.750 bits per heavy atom. The molecule has 7 heteroatoms. The Morgan fingerprint density at radius 3 is 2.02 bits per heavy atom. The largest absolute Gasteiger partial charge is 0.497 e. The van der Waals surface area contributed by atoms with E-state index in [4.69, 9.17) is 14.2 Å². The van der Waals surface area contributed by atoms with Crippen molar-refractivity contribution in [3.63, 3.8) is 0 Å². The molecule has 7 nitrogen and oxygen atoms in total. The van der Waals surface area contributed by atoms with E-state index in [9.17, 15) is 14.4 Å². The summed E-state index contributed by atoms with van der Waals surface area (Å²) in [6, 6.07) is 21.0. The minimum atomic E-state index is -0.455. The molecule has 0 bridgehead atoms. The van der Waals surface area contributed by atoms with Crippen molar-refractivity contribution < 1.29 is 28.6 Å². The first kappa shape index (κ1) is 30.4. The van der Waals surface area contributed by atoms with Crippen LogP contribution in [0.2, 0.25) is 0 Å². The van der Waals surface area contributed by atoms with E-state index in [1.807, 2.05) is 12.1 Å². The SMILES string of the molecule is CCCCCCCOc1ccc(C(=O)Oc2ccc(CN(CCCC=O)C(=O)c3ccc(OC)cc3)cc2)cc1. The zero-order chi connectivity index (χ0) is 28.6. The van der Waals surface area contributed by atoms with Gasteiger partial charge >= 0.3 is 5.97 Å². The summed E-state index contributed by atoms with van der Waals surface area (Å²) in [5.74, 6) is 1.23. The summed E-state index contributed by atoms with van der Waals surface area (Å²) in [7, 11) is 1.58. The zero-order valence-electron chi connectivity index (χ0n) is 23.5. The predicted molar refractivity (Wildman–Crippen MR) is 155 cm³/mol. The number of esters is 1. The molecule has 0 aromatic heterocycles. The number of carbonyl (C=O) groups excluding carboxylic acids is 3. The highest BCUT2D eigenvalue weighted by molar-refractivity contribution is 5.94. The number of hydrogen-bond acceptors (Lipinski definition) is 6. The lowest BCUT2D eigenvalue weighted by Crippen LogP contribution is -2.31. The van der Waals surface area contributed by atoms with Gasteiger partial charge in [0.15, 0.2) is 0 Å². The summed E-state index contributed by atoms with van der Waals surface area (Å²) < 4.78 is 16.5. The summed E-state index contributed by atoms with van der Waals surface area (Å²) in [4.78, 5) is 38.3. The summed E-state index contributed by atoms with van der Waals surface area (Å²) in [5.41, 5.74) is 1.86. The Balaban J connectivity index is 1.55. The molecule has 0 aliphatic rings. The molecule has 0 aliphatic heterocycles. The second kappa shape index (κ2) is 16.7. The average molecular weight is 546 g/mol. The second-order valence-electron chi connectivity index (χ2n) is 9.58. The van der Waals surface area contributed by atoms with Gasteiger partial charge in [0.05, 0.1) is 19.3 Å². The minimum Gasteiger partial charge on any atom is -0.497 e. The molecule has 0 heterocycles. The highest BCUT2D eigenvalue weighted by atomic mass is 16.5. The molecule has 0 unspecified atom stereocenters. The van der Waals surface area contributed by atoms with Crippen LogP contribution in [0.1, 0.15) is 78.1 Å². The number of rotatable bonds is 17. The van der Waals surface area contributed by atoms with Crippen LogP contribution in [0.25, 0.3) is 0 Å². The van der Waals surface area contributed by atoms with Gasteiger partial charge in [0.25, 0.3) is 5.91 Å². The maximum atomic E-state index is 13.2. The molecule has 3 aromatic carbocycles. The summed E-state index contributed by atoms with van der Waals surface area (Å²) in [6.45, 7) is 3.67. The third-order valence-electron chi connectivity index (χ3n) is 6.49. The van der Waals surface area contributed by atoms with Crippen LogP contribution >= 0.6 is 0 Å². The number of carbonyl (C=O) groups is 3. The molecule has 0 fully saturated rings. The van der Waals surface area contributed by atoms with Gasteiger partial charge in [-0.1, -0.05) is 44.7 Å². The van der Waals surface area contributed by atoms with E-state index >= 15 is 0 Å². The Morgan fingerprint density at radius 2 is 1.38 bits per heavy atom. The highest BCUT2D eigenvalue weighted by Crippen LogP contribution is 2.20. The summed E-state index contributed by atoms with van der Waals surface area (Å²) in [5, 5.41) is 0. The molecule has 0 spiro atoms. The lowest BCUT2D eigenvalue weighted by atomic mass is 10.1. The van der Waals surface area contributed by atoms with E-state index in [2.05, 4.69) is 6.92 Å². The quantitative estimate of drug-likeness (QED) is 0.0795. The smallest absolute Gasteiger partial charge is 0.343 e. The normalized spacial score (nSPS) is 10.6. The number of benzene rings is 3. The molecule has 0 N–H and O–H groups in total. The first-order valence-corrected chi connectivity index (χ1v) is 13.9. The number of methoxy groups -OCH3 is 1. The van der Waals surface area contributed by atoms with E-state index in [0.717, 1.165) is 30.4 Å². The van der Waals surface area contributed by atoms with Crippen molar-refractivity contribution in [1.29, 1.82) is 0 Å². The van der Waals surface area contributed by atoms with Crippen molar-refractivity contribution in [2.45, 2.75) is 58.4 Å². The van der Waals surface area contributed by atoms with E-state index in [0.29, 0.717) is 55.2 Å². The molecule has 212 valence electrons. The van der Waals surface area contributed by atoms with Crippen molar-refractivity contribution in [3.8, 4) is 17.2 Å². The third-order valence-corrected chi connectivity index (χ3v) is 6.49. The van der Waals surface area contributed by atoms with Gasteiger partial charge < -0.3 is 23.9 Å². The number of amides is 1. The van der Waals surface area contributed by atoms with E-state index < -0.39 is 5.97 Å². The van der Waals surface area contributed by atoms with Crippen molar-refractivity contribution in [2.75, 3.05) is 20.3 Å². The number of unbranched alkanes of at least 4 members (excludes halogenated alkanes) is 5. The molecule has 0 radical (unpaired) electrons. The maximum Gasteiger partial charge on any atom is 0.343 e. The molecule has 3 rings (SSSR count). The van der Waals surface area contributed by atoms with E-state index in [1.165, 1.54) is 19.3 Å². The topological polar surface area (TPSA) is 82.1 Å². The van der Waals surface area contributed by atoms with Crippen LogP contribution in [-0.2, 0) is 11.3 Å². The van der Waals surface area contributed by atoms with E-state index in [1.54, 1.807) is 72.7 Å². The van der Waals surface area contributed by atoms with Crippen LogP contribution < -0.4 is 14.2 Å². The van der Waals surface area contributed by atoms with Crippen LogP contribution in [0.4, 0.5) is 0 Å². The third kappa shape index (κ3) is 9.88. The average Bonchev–Trinajstić information content (AvgIpc) is 2.99. The molecule has 1 amide bonds. The number of aldehydes is 1. The second-order valence-corrected chi connectivity index (χ2v) is 9.58. The van der Waals surface area contributed by atoms with Crippen molar-refractivity contribution in [2.24, 2.45) is 0 Å². The molecule has 0 atom stereocenters. The fourth-order valence-corrected chi connectivity index (χ4v) is 4.17. The van der Waals surface area contributed by atoms with Crippen LogP contribution in [0.15, 0.2) is 72.8 Å². The monoisotopic (exact) mass is 545 g/mol. The van der Waals surface area contributed by atoms with Crippen LogP contribution in [0.5, 0.6) is 17.2 Å². The Hall–Kier alpha value is -4.13. The van der Waals surface area contributed by atoms with Crippen molar-refractivity contribution >= 4 is 18.2 Å². The maximum absolute atomic E-state index is 13.2. The van der Waals surface area contributed by atoms with Gasteiger partial charge in [-0.25, -0.2) is 4.79 Å². The first-order valence-electron chi connectivity index (χ1n) is 13.9. The van der Waals surface area contributed by atoms with Crippen LogP contribution in [0, 0.1) is 0 Å². The van der Waals surface area contributed by atoms with Gasteiger partial charge in [0.2, 0.25) is 0 Å². The lowest BCUT2D eigenvalue weighted by Gasteiger charge is -2.23. The molecule has 0 saturated heterocycles. The number of ether oxygens (including phenoxy) is 3. The van der Waals surface area contributed by atoms with E-state index in [-0.39, 0.29) is 5.91 Å². The summed E-state index contributed by atoms with van der Waals surface area (Å²) >= 11 is 0. The standard InChI is InChI=1S/C33H39NO6/c1-3-4-5-6-9-24-39-30-20-14-28(15-21-30)33(37)40-31-16-10-26(11-17-31)25-34(22-7-8-23-35)32(36)27-12-18-29(38-2)19-13-27/h10-21,23H,3-9,22,24-25H2,1-2H3. The van der Waals surface area contributed by atoms with Crippen molar-refractivity contribution in [3.05, 3.63) is 89.5 Å². The predicted octanol–water partition coefficient (Wildman–Crippen LogP) is 6.89. The number of nitrogens with zero attached hydrogens (tertiary/aromatic N) is 1. The lowest BCUT2D eigenvalue weighted by molar-refractivity contribution is -0.108. The first-order chi connectivity index (χ1) is 19.5. The van der Waals surface area contributed by atoms with Crippen molar-refractivity contribution in [1.82, 2.24) is 4.90 Å².